The summed E-state index contributed by atoms with van der Waals surface area (Å²) in [6.45, 7) is 5.03. The van der Waals surface area contributed by atoms with E-state index in [-0.39, 0.29) is 0 Å². The Balaban J connectivity index is 2.11. The summed E-state index contributed by atoms with van der Waals surface area (Å²) in [4.78, 5) is 4.82. The van der Waals surface area contributed by atoms with Crippen molar-refractivity contribution in [2.24, 2.45) is 5.73 Å². The summed E-state index contributed by atoms with van der Waals surface area (Å²) < 4.78 is 5.29. The molecule has 0 radical (unpaired) electrons. The fourth-order valence-electron chi connectivity index (χ4n) is 2.48. The van der Waals surface area contributed by atoms with Crippen molar-refractivity contribution < 1.29 is 4.74 Å². The summed E-state index contributed by atoms with van der Waals surface area (Å²) in [7, 11) is 3.87. The molecule has 4 nitrogen and oxygen atoms in total. The van der Waals surface area contributed by atoms with Crippen LogP contribution < -0.4 is 10.5 Å². The number of likely N-dealkylation sites (N-methyl/N-ethyl adjacent to an activating group) is 1. The molecule has 1 unspecified atom stereocenters. The van der Waals surface area contributed by atoms with Crippen molar-refractivity contribution in [1.29, 1.82) is 0 Å². The third-order valence-corrected chi connectivity index (χ3v) is 3.68. The average Bonchev–Trinajstić information content (AvgIpc) is 2.42. The SMILES string of the molecule is COc1cccc(C(CN)N2CCN(C)CC2)c1. The second-order valence-corrected chi connectivity index (χ2v) is 4.87. The Kier molecular flexibility index (Phi) is 4.58. The topological polar surface area (TPSA) is 41.7 Å². The van der Waals surface area contributed by atoms with E-state index < -0.39 is 0 Å². The van der Waals surface area contributed by atoms with Crippen LogP contribution in [0.5, 0.6) is 5.75 Å². The Morgan fingerprint density at radius 3 is 2.61 bits per heavy atom. The Morgan fingerprint density at radius 2 is 2.00 bits per heavy atom. The highest BCUT2D eigenvalue weighted by Gasteiger charge is 2.22. The highest BCUT2D eigenvalue weighted by Crippen LogP contribution is 2.24. The zero-order chi connectivity index (χ0) is 13.0. The summed E-state index contributed by atoms with van der Waals surface area (Å²) in [5.74, 6) is 0.903. The largest absolute Gasteiger partial charge is 0.497 e. The molecular formula is C14H23N3O. The monoisotopic (exact) mass is 249 g/mol. The lowest BCUT2D eigenvalue weighted by Crippen LogP contribution is -2.47. The van der Waals surface area contributed by atoms with Crippen LogP contribution in [0, 0.1) is 0 Å². The molecule has 1 aromatic carbocycles. The van der Waals surface area contributed by atoms with E-state index in [0.717, 1.165) is 31.9 Å². The van der Waals surface area contributed by atoms with Gasteiger partial charge in [0.25, 0.3) is 0 Å². The quantitative estimate of drug-likeness (QED) is 0.862. The van der Waals surface area contributed by atoms with Gasteiger partial charge in [0.15, 0.2) is 0 Å². The Bertz CT molecular complexity index is 375. The molecule has 1 aliphatic heterocycles. The van der Waals surface area contributed by atoms with Gasteiger partial charge in [0.05, 0.1) is 7.11 Å². The number of hydrogen-bond acceptors (Lipinski definition) is 4. The molecular weight excluding hydrogens is 226 g/mol. The second-order valence-electron chi connectivity index (χ2n) is 4.87. The third kappa shape index (κ3) is 3.02. The van der Waals surface area contributed by atoms with Crippen molar-refractivity contribution >= 4 is 0 Å². The molecule has 18 heavy (non-hydrogen) atoms. The van der Waals surface area contributed by atoms with E-state index in [9.17, 15) is 0 Å². The van der Waals surface area contributed by atoms with Crippen LogP contribution in [0.1, 0.15) is 11.6 Å². The zero-order valence-electron chi connectivity index (χ0n) is 11.3. The zero-order valence-corrected chi connectivity index (χ0v) is 11.3. The van der Waals surface area contributed by atoms with Gasteiger partial charge in [-0.15, -0.1) is 0 Å². The number of benzene rings is 1. The molecule has 0 spiro atoms. The molecule has 1 fully saturated rings. The fourth-order valence-corrected chi connectivity index (χ4v) is 2.48. The lowest BCUT2D eigenvalue weighted by Gasteiger charge is -2.37. The molecule has 4 heteroatoms. The maximum atomic E-state index is 5.97. The van der Waals surface area contributed by atoms with Crippen molar-refractivity contribution in [1.82, 2.24) is 9.80 Å². The molecule has 0 bridgehead atoms. The van der Waals surface area contributed by atoms with E-state index in [1.165, 1.54) is 5.56 Å². The van der Waals surface area contributed by atoms with Gasteiger partial charge in [0.1, 0.15) is 5.75 Å². The van der Waals surface area contributed by atoms with Gasteiger partial charge < -0.3 is 15.4 Å². The summed E-state index contributed by atoms with van der Waals surface area (Å²) in [5.41, 5.74) is 7.22. The first-order valence-electron chi connectivity index (χ1n) is 6.51. The number of ether oxygens (including phenoxy) is 1. The van der Waals surface area contributed by atoms with Gasteiger partial charge in [-0.3, -0.25) is 4.90 Å². The summed E-state index contributed by atoms with van der Waals surface area (Å²) in [6, 6.07) is 8.54. The summed E-state index contributed by atoms with van der Waals surface area (Å²) in [5, 5.41) is 0. The summed E-state index contributed by atoms with van der Waals surface area (Å²) >= 11 is 0. The van der Waals surface area contributed by atoms with Crippen molar-refractivity contribution in [2.45, 2.75) is 6.04 Å². The predicted octanol–water partition coefficient (Wildman–Crippen LogP) is 0.942. The minimum Gasteiger partial charge on any atom is -0.497 e. The maximum Gasteiger partial charge on any atom is 0.119 e. The smallest absolute Gasteiger partial charge is 0.119 e. The highest BCUT2D eigenvalue weighted by molar-refractivity contribution is 5.30. The minimum absolute atomic E-state index is 0.300. The third-order valence-electron chi connectivity index (χ3n) is 3.68. The Morgan fingerprint density at radius 1 is 1.28 bits per heavy atom. The number of nitrogens with two attached hydrogens (primary N) is 1. The number of rotatable bonds is 4. The van der Waals surface area contributed by atoms with Crippen molar-refractivity contribution in [3.8, 4) is 5.75 Å². The van der Waals surface area contributed by atoms with E-state index in [1.807, 2.05) is 12.1 Å². The minimum atomic E-state index is 0.300. The molecule has 1 aromatic rings. The van der Waals surface area contributed by atoms with Crippen LogP contribution in [0.2, 0.25) is 0 Å². The number of methoxy groups -OCH3 is 1. The first kappa shape index (κ1) is 13.3. The van der Waals surface area contributed by atoms with Crippen LogP contribution in [0.4, 0.5) is 0 Å². The Hall–Kier alpha value is -1.10. The molecule has 1 saturated heterocycles. The van der Waals surface area contributed by atoms with Crippen LogP contribution >= 0.6 is 0 Å². The van der Waals surface area contributed by atoms with Gasteiger partial charge in [-0.05, 0) is 24.7 Å². The standard InChI is InChI=1S/C14H23N3O/c1-16-6-8-17(9-7-16)14(11-15)12-4-3-5-13(10-12)18-2/h3-5,10,14H,6-9,11,15H2,1-2H3. The molecule has 0 aliphatic carbocycles. The van der Waals surface area contributed by atoms with Crippen LogP contribution in [0.25, 0.3) is 0 Å². The van der Waals surface area contributed by atoms with Crippen molar-refractivity contribution in [3.05, 3.63) is 29.8 Å². The first-order valence-corrected chi connectivity index (χ1v) is 6.51. The van der Waals surface area contributed by atoms with Crippen LogP contribution in [-0.2, 0) is 0 Å². The van der Waals surface area contributed by atoms with Gasteiger partial charge >= 0.3 is 0 Å². The molecule has 0 aromatic heterocycles. The molecule has 0 amide bonds. The molecule has 1 atom stereocenters. The number of piperazine rings is 1. The van der Waals surface area contributed by atoms with E-state index in [2.05, 4.69) is 29.0 Å². The normalized spacial score (nSPS) is 19.7. The molecule has 100 valence electrons. The summed E-state index contributed by atoms with van der Waals surface area (Å²) in [6.07, 6.45) is 0. The molecule has 1 heterocycles. The van der Waals surface area contributed by atoms with E-state index in [1.54, 1.807) is 7.11 Å². The number of hydrogen-bond donors (Lipinski definition) is 1. The number of nitrogens with zero attached hydrogens (tertiary/aromatic N) is 2. The van der Waals surface area contributed by atoms with Gasteiger partial charge in [0.2, 0.25) is 0 Å². The molecule has 0 saturated carbocycles. The van der Waals surface area contributed by atoms with Crippen molar-refractivity contribution in [2.75, 3.05) is 46.9 Å². The predicted molar refractivity (Wildman–Crippen MR) is 73.9 cm³/mol. The van der Waals surface area contributed by atoms with Gasteiger partial charge in [-0.1, -0.05) is 12.1 Å². The lowest BCUT2D eigenvalue weighted by molar-refractivity contribution is 0.114. The first-order chi connectivity index (χ1) is 8.74. The van der Waals surface area contributed by atoms with E-state index >= 15 is 0 Å². The van der Waals surface area contributed by atoms with Crippen LogP contribution in [0.3, 0.4) is 0 Å². The molecule has 2 N–H and O–H groups in total. The van der Waals surface area contributed by atoms with Gasteiger partial charge in [0, 0.05) is 38.8 Å². The Labute approximate surface area is 109 Å². The van der Waals surface area contributed by atoms with E-state index in [0.29, 0.717) is 12.6 Å². The van der Waals surface area contributed by atoms with Crippen LogP contribution in [-0.4, -0.2) is 56.7 Å². The van der Waals surface area contributed by atoms with Crippen LogP contribution in [0.15, 0.2) is 24.3 Å². The van der Waals surface area contributed by atoms with Gasteiger partial charge in [-0.2, -0.15) is 0 Å². The van der Waals surface area contributed by atoms with Gasteiger partial charge in [-0.25, -0.2) is 0 Å². The lowest BCUT2D eigenvalue weighted by atomic mass is 10.0. The van der Waals surface area contributed by atoms with Crippen molar-refractivity contribution in [3.63, 3.8) is 0 Å². The second kappa shape index (κ2) is 6.18. The molecule has 1 aliphatic rings. The highest BCUT2D eigenvalue weighted by atomic mass is 16.5. The maximum absolute atomic E-state index is 5.97. The average molecular weight is 249 g/mol. The molecule has 2 rings (SSSR count). The fraction of sp³-hybridized carbons (Fsp3) is 0.571. The van der Waals surface area contributed by atoms with E-state index in [4.69, 9.17) is 10.5 Å².